The number of carbonyl (C=O) groups is 1. The van der Waals surface area contributed by atoms with Gasteiger partial charge < -0.3 is 35.6 Å². The van der Waals surface area contributed by atoms with Crippen molar-refractivity contribution in [2.24, 2.45) is 0 Å². The quantitative estimate of drug-likeness (QED) is 0.208. The second kappa shape index (κ2) is 13.4. The van der Waals surface area contributed by atoms with Gasteiger partial charge in [-0.05, 0) is 6.42 Å². The van der Waals surface area contributed by atoms with Crippen LogP contribution in [0.25, 0.3) is 0 Å². The third-order valence-corrected chi connectivity index (χ3v) is 1.11. The molecule has 0 atom stereocenters. The first-order valence-corrected chi connectivity index (χ1v) is 3.17. The molecule has 0 fully saturated rings. The third-order valence-electron chi connectivity index (χ3n) is 1.11. The minimum absolute atomic E-state index is 0. The van der Waals surface area contributed by atoms with Crippen LogP contribution in [0.2, 0.25) is 0 Å². The Kier molecular flexibility index (Phi) is 21.7. The van der Waals surface area contributed by atoms with E-state index in [-0.39, 0.29) is 49.4 Å². The zero-order valence-electron chi connectivity index (χ0n) is 6.94. The van der Waals surface area contributed by atoms with Crippen molar-refractivity contribution in [1.82, 2.24) is 0 Å². The molecule has 0 saturated heterocycles. The summed E-state index contributed by atoms with van der Waals surface area (Å²) >= 11 is 0. The van der Waals surface area contributed by atoms with E-state index in [0.717, 1.165) is 19.3 Å². The Morgan fingerprint density at radius 1 is 1.45 bits per heavy atom. The van der Waals surface area contributed by atoms with Gasteiger partial charge in [-0.2, -0.15) is 6.42 Å². The van der Waals surface area contributed by atoms with Crippen LogP contribution in [0.1, 0.15) is 25.7 Å². The maximum Gasteiger partial charge on any atom is 2.00 e. The number of carbonyl (C=O) groups excluding carboxylic acids is 1. The zero-order chi connectivity index (χ0) is 7.11. The van der Waals surface area contributed by atoms with Crippen molar-refractivity contribution in [1.29, 1.82) is 0 Å². The molecule has 2 nitrogen and oxygen atoms in total. The molecule has 0 amide bonds. The van der Waals surface area contributed by atoms with Crippen LogP contribution in [-0.4, -0.2) is 13.1 Å². The number of methoxy groups -OCH3 is 1. The Morgan fingerprint density at radius 3 is 2.36 bits per heavy atom. The summed E-state index contributed by atoms with van der Waals surface area (Å²) in [6, 6.07) is 0. The fourth-order valence-corrected chi connectivity index (χ4v) is 0.548. The van der Waals surface area contributed by atoms with Gasteiger partial charge in [0, 0.05) is 6.42 Å². The maximum absolute atomic E-state index is 10.4. The van der Waals surface area contributed by atoms with Crippen molar-refractivity contribution in [2.45, 2.75) is 25.7 Å². The molecule has 0 aromatic heterocycles. The summed E-state index contributed by atoms with van der Waals surface area (Å²) < 4.78 is 4.44. The van der Waals surface area contributed by atoms with Crippen LogP contribution in [-0.2, 0) is 29.0 Å². The molecule has 0 saturated carbocycles. The number of hydrogen-bond acceptors (Lipinski definition) is 2. The Balaban J connectivity index is -0.000000320. The molecule has 0 aliphatic heterocycles. The summed E-state index contributed by atoms with van der Waals surface area (Å²) in [5.74, 6) is -0.122. The van der Waals surface area contributed by atoms with E-state index in [2.05, 4.69) is 11.7 Å². The number of unbranched alkanes of at least 4 members (excludes halogenated alkanes) is 2. The van der Waals surface area contributed by atoms with Crippen molar-refractivity contribution >= 4 is 5.97 Å². The standard InChI is InChI=1S/C7H13O2.HI.Zn/c1-3-4-5-6-7(8)9-2;;/h1,3-6H2,2H3;1H;/q-1;;+2/p-1. The van der Waals surface area contributed by atoms with E-state index >= 15 is 0 Å². The molecule has 0 aliphatic rings. The minimum atomic E-state index is -0.122. The van der Waals surface area contributed by atoms with E-state index in [1.807, 2.05) is 0 Å². The molecule has 0 aromatic rings. The SMILES string of the molecule is [CH2-]CCCCC(=O)OC.[I-].[Zn+2]. The van der Waals surface area contributed by atoms with Gasteiger partial charge in [-0.1, -0.05) is 6.42 Å². The van der Waals surface area contributed by atoms with Crippen LogP contribution in [0.15, 0.2) is 0 Å². The number of ether oxygens (including phenoxy) is 1. The summed E-state index contributed by atoms with van der Waals surface area (Å²) in [6.45, 7) is 3.66. The molecule has 0 spiro atoms. The van der Waals surface area contributed by atoms with Crippen LogP contribution in [0.5, 0.6) is 0 Å². The minimum Gasteiger partial charge on any atom is -1.00 e. The molecule has 0 bridgehead atoms. The topological polar surface area (TPSA) is 26.3 Å². The van der Waals surface area contributed by atoms with Gasteiger partial charge in [0.05, 0.1) is 7.11 Å². The summed E-state index contributed by atoms with van der Waals surface area (Å²) in [5.41, 5.74) is 0. The Morgan fingerprint density at radius 2 is 2.00 bits per heavy atom. The van der Waals surface area contributed by atoms with Gasteiger partial charge in [-0.25, -0.2) is 0 Å². The molecular weight excluding hydrogens is 308 g/mol. The number of esters is 1. The second-order valence-corrected chi connectivity index (χ2v) is 1.89. The van der Waals surface area contributed by atoms with Gasteiger partial charge in [0.1, 0.15) is 0 Å². The molecule has 4 heteroatoms. The first-order valence-electron chi connectivity index (χ1n) is 3.17. The van der Waals surface area contributed by atoms with Crippen LogP contribution in [0, 0.1) is 6.92 Å². The van der Waals surface area contributed by atoms with Crippen LogP contribution in [0.4, 0.5) is 0 Å². The Hall–Kier alpha value is 0.823. The largest absolute Gasteiger partial charge is 2.00 e. The molecule has 11 heavy (non-hydrogen) atoms. The van der Waals surface area contributed by atoms with Gasteiger partial charge in [0.25, 0.3) is 0 Å². The monoisotopic (exact) mass is 320 g/mol. The molecule has 0 unspecified atom stereocenters. The summed E-state index contributed by atoms with van der Waals surface area (Å²) in [5, 5.41) is 0. The molecule has 0 heterocycles. The molecule has 0 aromatic carbocycles. The predicted molar refractivity (Wildman–Crippen MR) is 35.8 cm³/mol. The molecule has 0 aliphatic carbocycles. The molecule has 0 rings (SSSR count). The van der Waals surface area contributed by atoms with Crippen molar-refractivity contribution < 1.29 is 53.0 Å². The average molecular weight is 321 g/mol. The summed E-state index contributed by atoms with van der Waals surface area (Å²) in [6.07, 6.45) is 3.34. The van der Waals surface area contributed by atoms with E-state index in [1.54, 1.807) is 0 Å². The van der Waals surface area contributed by atoms with Crippen LogP contribution in [0.3, 0.4) is 0 Å². The van der Waals surface area contributed by atoms with Crippen molar-refractivity contribution in [3.63, 3.8) is 0 Å². The average Bonchev–Trinajstić information content (AvgIpc) is 1.89. The molecular formula is C7H13IO2Zn. The van der Waals surface area contributed by atoms with Gasteiger partial charge in [0.2, 0.25) is 0 Å². The normalized spacial score (nSPS) is 7.45. The fourth-order valence-electron chi connectivity index (χ4n) is 0.548. The van der Waals surface area contributed by atoms with Crippen molar-refractivity contribution in [2.75, 3.05) is 7.11 Å². The zero-order valence-corrected chi connectivity index (χ0v) is 12.1. The van der Waals surface area contributed by atoms with Crippen LogP contribution >= 0.6 is 0 Å². The van der Waals surface area contributed by atoms with Gasteiger partial charge >= 0.3 is 25.4 Å². The fraction of sp³-hybridized carbons (Fsp3) is 0.714. The van der Waals surface area contributed by atoms with Crippen LogP contribution < -0.4 is 24.0 Å². The van der Waals surface area contributed by atoms with Crippen molar-refractivity contribution in [3.8, 4) is 0 Å². The van der Waals surface area contributed by atoms with Crippen molar-refractivity contribution in [3.05, 3.63) is 6.92 Å². The van der Waals surface area contributed by atoms with E-state index in [9.17, 15) is 4.79 Å². The molecule has 0 radical (unpaired) electrons. The van der Waals surface area contributed by atoms with E-state index in [4.69, 9.17) is 0 Å². The van der Waals surface area contributed by atoms with Gasteiger partial charge in [-0.15, -0.1) is 0 Å². The molecule has 62 valence electrons. The number of hydrogen-bond donors (Lipinski definition) is 0. The van der Waals surface area contributed by atoms with E-state index < -0.39 is 0 Å². The van der Waals surface area contributed by atoms with Gasteiger partial charge in [0.15, 0.2) is 0 Å². The first kappa shape index (κ1) is 17.8. The predicted octanol–water partition coefficient (Wildman–Crippen LogP) is -1.44. The summed E-state index contributed by atoms with van der Waals surface area (Å²) in [4.78, 5) is 10.4. The number of halogens is 1. The first-order chi connectivity index (χ1) is 4.31. The molecule has 0 N–H and O–H groups in total. The van der Waals surface area contributed by atoms with Gasteiger partial charge in [-0.3, -0.25) is 4.79 Å². The third kappa shape index (κ3) is 13.8. The van der Waals surface area contributed by atoms with E-state index in [0.29, 0.717) is 6.42 Å². The summed E-state index contributed by atoms with van der Waals surface area (Å²) in [7, 11) is 1.41. The maximum atomic E-state index is 10.4. The Bertz CT molecular complexity index is 88.5. The van der Waals surface area contributed by atoms with E-state index in [1.165, 1.54) is 7.11 Å². The second-order valence-electron chi connectivity index (χ2n) is 1.89. The number of rotatable bonds is 4. The smallest absolute Gasteiger partial charge is 1.00 e. The Labute approximate surface area is 98.2 Å².